The predicted octanol–water partition coefficient (Wildman–Crippen LogP) is 3.43. The Morgan fingerprint density at radius 1 is 0.909 bits per heavy atom. The van der Waals surface area contributed by atoms with Crippen LogP contribution in [0, 0.1) is 11.3 Å². The number of sulfonamides is 1. The van der Waals surface area contributed by atoms with Gasteiger partial charge in [0.2, 0.25) is 10.0 Å². The molecule has 4 rings (SSSR count). The molecular weight excluding hydrogens is 438 g/mol. The molecule has 7 nitrogen and oxygen atoms in total. The quantitative estimate of drug-likeness (QED) is 0.523. The van der Waals surface area contributed by atoms with Crippen molar-refractivity contribution in [3.63, 3.8) is 0 Å². The number of benzene rings is 3. The van der Waals surface area contributed by atoms with Gasteiger partial charge in [-0.15, -0.1) is 0 Å². The van der Waals surface area contributed by atoms with E-state index in [2.05, 4.69) is 11.0 Å². The highest BCUT2D eigenvalue weighted by molar-refractivity contribution is 7.89. The molecule has 0 unspecified atom stereocenters. The number of carbonyl (C=O) groups excluding carboxylic acids is 1. The SMILES string of the molecule is N#Cc1ccccc1COC(=O)c1cccc(S(=O)(=O)N2CCN(c3ccccc3)CC2)c1. The van der Waals surface area contributed by atoms with E-state index in [1.54, 1.807) is 24.3 Å². The van der Waals surface area contributed by atoms with Gasteiger partial charge < -0.3 is 9.64 Å². The van der Waals surface area contributed by atoms with Crippen LogP contribution in [0.1, 0.15) is 21.5 Å². The number of rotatable bonds is 6. The van der Waals surface area contributed by atoms with E-state index in [0.717, 1.165) is 5.69 Å². The predicted molar refractivity (Wildman–Crippen MR) is 124 cm³/mol. The fourth-order valence-corrected chi connectivity index (χ4v) is 5.21. The highest BCUT2D eigenvalue weighted by Crippen LogP contribution is 2.22. The number of nitriles is 1. The molecule has 33 heavy (non-hydrogen) atoms. The Balaban J connectivity index is 1.43. The number of ether oxygens (including phenoxy) is 1. The molecule has 0 radical (unpaired) electrons. The molecule has 0 bridgehead atoms. The van der Waals surface area contributed by atoms with E-state index in [-0.39, 0.29) is 17.1 Å². The first kappa shape index (κ1) is 22.5. The summed E-state index contributed by atoms with van der Waals surface area (Å²) in [6.07, 6.45) is 0. The molecule has 0 N–H and O–H groups in total. The normalized spacial score (nSPS) is 14.5. The lowest BCUT2D eigenvalue weighted by molar-refractivity contribution is 0.0472. The molecule has 0 aromatic heterocycles. The van der Waals surface area contributed by atoms with Crippen LogP contribution in [-0.4, -0.2) is 44.9 Å². The number of esters is 1. The maximum Gasteiger partial charge on any atom is 0.338 e. The fraction of sp³-hybridized carbons (Fsp3) is 0.200. The van der Waals surface area contributed by atoms with Crippen molar-refractivity contribution < 1.29 is 17.9 Å². The van der Waals surface area contributed by atoms with Gasteiger partial charge >= 0.3 is 5.97 Å². The number of nitrogens with zero attached hydrogens (tertiary/aromatic N) is 3. The zero-order valence-electron chi connectivity index (χ0n) is 17.9. The van der Waals surface area contributed by atoms with Gasteiger partial charge in [-0.2, -0.15) is 9.57 Å². The van der Waals surface area contributed by atoms with Crippen molar-refractivity contribution in [3.8, 4) is 6.07 Å². The average Bonchev–Trinajstić information content (AvgIpc) is 2.88. The van der Waals surface area contributed by atoms with Crippen molar-refractivity contribution in [2.45, 2.75) is 11.5 Å². The summed E-state index contributed by atoms with van der Waals surface area (Å²) in [5, 5.41) is 9.17. The smallest absolute Gasteiger partial charge is 0.338 e. The summed E-state index contributed by atoms with van der Waals surface area (Å²) < 4.78 is 33.1. The minimum absolute atomic E-state index is 0.0579. The van der Waals surface area contributed by atoms with Crippen molar-refractivity contribution in [3.05, 3.63) is 95.6 Å². The Morgan fingerprint density at radius 2 is 1.61 bits per heavy atom. The van der Waals surface area contributed by atoms with Gasteiger partial charge in [-0.05, 0) is 36.4 Å². The Kier molecular flexibility index (Phi) is 6.73. The van der Waals surface area contributed by atoms with Crippen LogP contribution in [0.15, 0.2) is 83.8 Å². The maximum absolute atomic E-state index is 13.2. The minimum Gasteiger partial charge on any atom is -0.457 e. The summed E-state index contributed by atoms with van der Waals surface area (Å²) in [5.74, 6) is -0.645. The Labute approximate surface area is 193 Å². The third-order valence-corrected chi connectivity index (χ3v) is 7.46. The number of hydrogen-bond acceptors (Lipinski definition) is 6. The van der Waals surface area contributed by atoms with E-state index >= 15 is 0 Å². The second-order valence-electron chi connectivity index (χ2n) is 7.60. The molecule has 1 saturated heterocycles. The summed E-state index contributed by atoms with van der Waals surface area (Å²) in [6.45, 7) is 1.82. The number of anilines is 1. The van der Waals surface area contributed by atoms with Crippen LogP contribution < -0.4 is 4.90 Å². The van der Waals surface area contributed by atoms with E-state index < -0.39 is 16.0 Å². The maximum atomic E-state index is 13.2. The second kappa shape index (κ2) is 9.86. The van der Waals surface area contributed by atoms with Crippen LogP contribution >= 0.6 is 0 Å². The standard InChI is InChI=1S/C25H23N3O4S/c26-18-21-7-4-5-8-22(21)19-32-25(29)20-9-6-12-24(17-20)33(30,31)28-15-13-27(14-16-28)23-10-2-1-3-11-23/h1-12,17H,13-16,19H2. The molecule has 3 aromatic carbocycles. The number of carbonyl (C=O) groups is 1. The Morgan fingerprint density at radius 3 is 2.33 bits per heavy atom. The Bertz CT molecular complexity index is 1280. The first-order valence-corrected chi connectivity index (χ1v) is 12.0. The van der Waals surface area contributed by atoms with Crippen molar-refractivity contribution in [2.75, 3.05) is 31.1 Å². The minimum atomic E-state index is -3.75. The van der Waals surface area contributed by atoms with Crippen LogP contribution in [0.2, 0.25) is 0 Å². The van der Waals surface area contributed by atoms with Crippen LogP contribution in [0.4, 0.5) is 5.69 Å². The van der Waals surface area contributed by atoms with Crippen molar-refractivity contribution >= 4 is 21.7 Å². The van der Waals surface area contributed by atoms with Crippen molar-refractivity contribution in [1.29, 1.82) is 5.26 Å². The van der Waals surface area contributed by atoms with Crippen molar-refractivity contribution in [1.82, 2.24) is 4.31 Å². The summed E-state index contributed by atoms with van der Waals surface area (Å²) >= 11 is 0. The molecule has 0 amide bonds. The van der Waals surface area contributed by atoms with Crippen LogP contribution in [0.5, 0.6) is 0 Å². The molecule has 1 fully saturated rings. The fourth-order valence-electron chi connectivity index (χ4n) is 3.74. The largest absolute Gasteiger partial charge is 0.457 e. The monoisotopic (exact) mass is 461 g/mol. The van der Waals surface area contributed by atoms with Gasteiger partial charge in [0.05, 0.1) is 22.1 Å². The highest BCUT2D eigenvalue weighted by atomic mass is 32.2. The molecule has 0 atom stereocenters. The molecule has 168 valence electrons. The molecule has 1 aliphatic rings. The summed E-state index contributed by atoms with van der Waals surface area (Å²) in [6, 6.07) is 24.7. The Hall–Kier alpha value is -3.67. The second-order valence-corrected chi connectivity index (χ2v) is 9.54. The van der Waals surface area contributed by atoms with Gasteiger partial charge in [0, 0.05) is 37.4 Å². The zero-order chi connectivity index (χ0) is 23.3. The van der Waals surface area contributed by atoms with Crippen LogP contribution in [-0.2, 0) is 21.4 Å². The lowest BCUT2D eigenvalue weighted by Gasteiger charge is -2.35. The topological polar surface area (TPSA) is 90.7 Å². The summed E-state index contributed by atoms with van der Waals surface area (Å²) in [7, 11) is -3.75. The van der Waals surface area contributed by atoms with E-state index in [4.69, 9.17) is 10.00 Å². The van der Waals surface area contributed by atoms with E-state index in [1.165, 1.54) is 28.6 Å². The van der Waals surface area contributed by atoms with E-state index in [9.17, 15) is 13.2 Å². The van der Waals surface area contributed by atoms with Gasteiger partial charge in [0.25, 0.3) is 0 Å². The molecule has 0 saturated carbocycles. The van der Waals surface area contributed by atoms with Gasteiger partial charge in [-0.1, -0.05) is 42.5 Å². The zero-order valence-corrected chi connectivity index (χ0v) is 18.7. The third kappa shape index (κ3) is 5.06. The molecular formula is C25H23N3O4S. The van der Waals surface area contributed by atoms with Gasteiger partial charge in [-0.25, -0.2) is 13.2 Å². The number of hydrogen-bond donors (Lipinski definition) is 0. The van der Waals surface area contributed by atoms with E-state index in [0.29, 0.717) is 37.3 Å². The molecule has 0 aliphatic carbocycles. The first-order chi connectivity index (χ1) is 16.0. The summed E-state index contributed by atoms with van der Waals surface area (Å²) in [5.41, 5.74) is 2.23. The van der Waals surface area contributed by atoms with E-state index in [1.807, 2.05) is 30.3 Å². The lowest BCUT2D eigenvalue weighted by atomic mass is 10.1. The van der Waals surface area contributed by atoms with Gasteiger partial charge in [0.15, 0.2) is 0 Å². The van der Waals surface area contributed by atoms with Crippen molar-refractivity contribution in [2.24, 2.45) is 0 Å². The molecule has 1 aliphatic heterocycles. The van der Waals surface area contributed by atoms with Crippen LogP contribution in [0.3, 0.4) is 0 Å². The van der Waals surface area contributed by atoms with Gasteiger partial charge in [0.1, 0.15) is 6.61 Å². The lowest BCUT2D eigenvalue weighted by Crippen LogP contribution is -2.48. The molecule has 0 spiro atoms. The average molecular weight is 462 g/mol. The first-order valence-electron chi connectivity index (χ1n) is 10.5. The van der Waals surface area contributed by atoms with Gasteiger partial charge in [-0.3, -0.25) is 0 Å². The number of piperazine rings is 1. The number of para-hydroxylation sites is 1. The third-order valence-electron chi connectivity index (χ3n) is 5.56. The molecule has 8 heteroatoms. The van der Waals surface area contributed by atoms with Crippen LogP contribution in [0.25, 0.3) is 0 Å². The highest BCUT2D eigenvalue weighted by Gasteiger charge is 2.29. The molecule has 1 heterocycles. The summed E-state index contributed by atoms with van der Waals surface area (Å²) in [4.78, 5) is 14.8. The molecule has 3 aromatic rings.